The van der Waals surface area contributed by atoms with Crippen molar-refractivity contribution in [2.24, 2.45) is 0 Å². The van der Waals surface area contributed by atoms with Gasteiger partial charge in [-0.1, -0.05) is 53.5 Å². The van der Waals surface area contributed by atoms with Gasteiger partial charge in [-0.25, -0.2) is 0 Å². The van der Waals surface area contributed by atoms with Gasteiger partial charge in [-0.05, 0) is 54.7 Å². The van der Waals surface area contributed by atoms with Gasteiger partial charge in [0, 0.05) is 29.1 Å². The SMILES string of the molecule is O=C(NC(=S)Nc1cccc(Cl)c1N1CCCC1)c1cccc2c(Cl)cccc12. The van der Waals surface area contributed by atoms with Crippen LogP contribution in [0.3, 0.4) is 0 Å². The number of thiocarbonyl (C=S) groups is 1. The van der Waals surface area contributed by atoms with Crippen molar-refractivity contribution >= 4 is 68.6 Å². The molecule has 1 amide bonds. The molecule has 29 heavy (non-hydrogen) atoms. The van der Waals surface area contributed by atoms with E-state index in [4.69, 9.17) is 35.4 Å². The van der Waals surface area contributed by atoms with Crippen LogP contribution >= 0.6 is 35.4 Å². The number of hydrogen-bond donors (Lipinski definition) is 2. The molecule has 0 saturated carbocycles. The lowest BCUT2D eigenvalue weighted by molar-refractivity contribution is 0.0979. The molecule has 0 unspecified atom stereocenters. The van der Waals surface area contributed by atoms with Crippen LogP contribution in [0.4, 0.5) is 11.4 Å². The highest BCUT2D eigenvalue weighted by Gasteiger charge is 2.20. The second-order valence-electron chi connectivity index (χ2n) is 6.88. The maximum absolute atomic E-state index is 12.9. The lowest BCUT2D eigenvalue weighted by atomic mass is 10.0. The van der Waals surface area contributed by atoms with E-state index in [2.05, 4.69) is 15.5 Å². The molecule has 4 rings (SSSR count). The molecular formula is C22H19Cl2N3OS. The third-order valence-corrected chi connectivity index (χ3v) is 5.84. The van der Waals surface area contributed by atoms with Gasteiger partial charge in [-0.3, -0.25) is 10.1 Å². The van der Waals surface area contributed by atoms with Crippen molar-refractivity contribution in [1.29, 1.82) is 0 Å². The summed E-state index contributed by atoms with van der Waals surface area (Å²) >= 11 is 18.1. The molecule has 1 aliphatic heterocycles. The van der Waals surface area contributed by atoms with Gasteiger partial charge in [0.25, 0.3) is 5.91 Å². The molecule has 1 fully saturated rings. The number of rotatable bonds is 3. The fourth-order valence-electron chi connectivity index (χ4n) is 3.67. The quantitative estimate of drug-likeness (QED) is 0.496. The van der Waals surface area contributed by atoms with E-state index in [-0.39, 0.29) is 11.0 Å². The number of nitrogens with zero attached hydrogens (tertiary/aromatic N) is 1. The fraction of sp³-hybridized carbons (Fsp3) is 0.182. The number of para-hydroxylation sites is 1. The lowest BCUT2D eigenvalue weighted by Crippen LogP contribution is -2.34. The molecule has 0 radical (unpaired) electrons. The zero-order valence-electron chi connectivity index (χ0n) is 15.5. The van der Waals surface area contributed by atoms with Gasteiger partial charge in [-0.15, -0.1) is 0 Å². The van der Waals surface area contributed by atoms with E-state index < -0.39 is 0 Å². The Labute approximate surface area is 184 Å². The van der Waals surface area contributed by atoms with E-state index in [9.17, 15) is 4.79 Å². The third kappa shape index (κ3) is 4.17. The number of fused-ring (bicyclic) bond motifs is 1. The second kappa shape index (κ2) is 8.57. The Morgan fingerprint density at radius 1 is 0.897 bits per heavy atom. The first-order valence-corrected chi connectivity index (χ1v) is 10.5. The van der Waals surface area contributed by atoms with Crippen molar-refractivity contribution < 1.29 is 4.79 Å². The van der Waals surface area contributed by atoms with Crippen molar-refractivity contribution in [3.63, 3.8) is 0 Å². The highest BCUT2D eigenvalue weighted by Crippen LogP contribution is 2.36. The standard InChI is InChI=1S/C22H19Cl2N3OS/c23-17-9-4-6-14-15(17)7-3-8-16(14)21(28)26-22(29)25-19-11-5-10-18(24)20(19)27-12-1-2-13-27/h3-11H,1-2,12-13H2,(H2,25,26,28,29). The summed E-state index contributed by atoms with van der Waals surface area (Å²) in [5.41, 5.74) is 2.21. The highest BCUT2D eigenvalue weighted by molar-refractivity contribution is 7.80. The minimum atomic E-state index is -0.292. The predicted octanol–water partition coefficient (Wildman–Crippen LogP) is 5.87. The molecule has 4 nitrogen and oxygen atoms in total. The van der Waals surface area contributed by atoms with Gasteiger partial charge in [0.1, 0.15) is 0 Å². The topological polar surface area (TPSA) is 44.4 Å². The van der Waals surface area contributed by atoms with Crippen LogP contribution in [0.2, 0.25) is 10.0 Å². The third-order valence-electron chi connectivity index (χ3n) is 5.00. The van der Waals surface area contributed by atoms with Gasteiger partial charge >= 0.3 is 0 Å². The van der Waals surface area contributed by atoms with Crippen LogP contribution in [0.25, 0.3) is 10.8 Å². The van der Waals surface area contributed by atoms with Crippen molar-refractivity contribution in [2.75, 3.05) is 23.3 Å². The summed E-state index contributed by atoms with van der Waals surface area (Å²) in [6.07, 6.45) is 2.27. The Bertz CT molecular complexity index is 1100. The van der Waals surface area contributed by atoms with Crippen LogP contribution in [0.5, 0.6) is 0 Å². The molecule has 0 aliphatic carbocycles. The predicted molar refractivity (Wildman–Crippen MR) is 126 cm³/mol. The highest BCUT2D eigenvalue weighted by atomic mass is 35.5. The monoisotopic (exact) mass is 443 g/mol. The number of halogens is 2. The Morgan fingerprint density at radius 2 is 1.55 bits per heavy atom. The van der Waals surface area contributed by atoms with Crippen molar-refractivity contribution in [1.82, 2.24) is 5.32 Å². The van der Waals surface area contributed by atoms with Crippen LogP contribution < -0.4 is 15.5 Å². The summed E-state index contributed by atoms with van der Waals surface area (Å²) in [4.78, 5) is 15.1. The second-order valence-corrected chi connectivity index (χ2v) is 8.10. The zero-order valence-corrected chi connectivity index (χ0v) is 17.9. The first-order valence-electron chi connectivity index (χ1n) is 9.37. The van der Waals surface area contributed by atoms with Crippen LogP contribution in [-0.4, -0.2) is 24.1 Å². The molecule has 3 aromatic carbocycles. The summed E-state index contributed by atoms with van der Waals surface area (Å²) in [6, 6.07) is 16.6. The first-order chi connectivity index (χ1) is 14.0. The lowest BCUT2D eigenvalue weighted by Gasteiger charge is -2.23. The molecule has 148 valence electrons. The molecule has 0 atom stereocenters. The van der Waals surface area contributed by atoms with E-state index in [1.165, 1.54) is 0 Å². The summed E-state index contributed by atoms with van der Waals surface area (Å²) in [6.45, 7) is 1.91. The summed E-state index contributed by atoms with van der Waals surface area (Å²) in [5.74, 6) is -0.292. The molecule has 2 N–H and O–H groups in total. The number of nitrogens with one attached hydrogen (secondary N) is 2. The molecule has 1 heterocycles. The number of benzene rings is 3. The van der Waals surface area contributed by atoms with Crippen LogP contribution in [-0.2, 0) is 0 Å². The average Bonchev–Trinajstić information content (AvgIpc) is 3.22. The van der Waals surface area contributed by atoms with E-state index >= 15 is 0 Å². The van der Waals surface area contributed by atoms with Gasteiger partial charge in [0.05, 0.1) is 16.4 Å². The van der Waals surface area contributed by atoms with Gasteiger partial charge in [-0.2, -0.15) is 0 Å². The number of hydrogen-bond acceptors (Lipinski definition) is 3. The van der Waals surface area contributed by atoms with E-state index in [1.807, 2.05) is 42.5 Å². The molecule has 7 heteroatoms. The molecule has 1 aliphatic rings. The number of carbonyl (C=O) groups is 1. The molecule has 0 aromatic heterocycles. The summed E-state index contributed by atoms with van der Waals surface area (Å²) < 4.78 is 0. The Balaban J connectivity index is 1.55. The average molecular weight is 444 g/mol. The van der Waals surface area contributed by atoms with E-state index in [0.717, 1.165) is 48.1 Å². The summed E-state index contributed by atoms with van der Waals surface area (Å²) in [7, 11) is 0. The Morgan fingerprint density at radius 3 is 2.34 bits per heavy atom. The number of anilines is 2. The smallest absolute Gasteiger partial charge is 0.258 e. The van der Waals surface area contributed by atoms with Gasteiger partial charge in [0.2, 0.25) is 0 Å². The normalized spacial score (nSPS) is 13.5. The largest absolute Gasteiger partial charge is 0.369 e. The summed E-state index contributed by atoms with van der Waals surface area (Å²) in [5, 5.41) is 8.99. The maximum atomic E-state index is 12.9. The van der Waals surface area contributed by atoms with Crippen molar-refractivity contribution in [3.05, 3.63) is 70.2 Å². The molecule has 1 saturated heterocycles. The van der Waals surface area contributed by atoms with Crippen molar-refractivity contribution in [3.8, 4) is 0 Å². The van der Waals surface area contributed by atoms with E-state index in [1.54, 1.807) is 12.1 Å². The molecule has 0 bridgehead atoms. The van der Waals surface area contributed by atoms with E-state index in [0.29, 0.717) is 15.6 Å². The number of amides is 1. The Kier molecular flexibility index (Phi) is 5.90. The van der Waals surface area contributed by atoms with Crippen molar-refractivity contribution in [2.45, 2.75) is 12.8 Å². The molecular weight excluding hydrogens is 425 g/mol. The van der Waals surface area contributed by atoms with Gasteiger partial charge in [0.15, 0.2) is 5.11 Å². The fourth-order valence-corrected chi connectivity index (χ4v) is 4.41. The van der Waals surface area contributed by atoms with Crippen LogP contribution in [0.1, 0.15) is 23.2 Å². The first kappa shape index (κ1) is 20.0. The maximum Gasteiger partial charge on any atom is 0.258 e. The zero-order chi connectivity index (χ0) is 20.4. The van der Waals surface area contributed by atoms with Crippen LogP contribution in [0, 0.1) is 0 Å². The van der Waals surface area contributed by atoms with Crippen LogP contribution in [0.15, 0.2) is 54.6 Å². The van der Waals surface area contributed by atoms with Gasteiger partial charge < -0.3 is 10.2 Å². The number of carbonyl (C=O) groups excluding carboxylic acids is 1. The molecule has 3 aromatic rings. The Hall–Kier alpha value is -2.34. The molecule has 0 spiro atoms. The minimum Gasteiger partial charge on any atom is -0.369 e. The minimum absolute atomic E-state index is 0.219.